The summed E-state index contributed by atoms with van der Waals surface area (Å²) in [5, 5.41) is 8.74. The van der Waals surface area contributed by atoms with E-state index in [9.17, 15) is 4.79 Å². The van der Waals surface area contributed by atoms with Crippen LogP contribution in [0.1, 0.15) is 19.4 Å². The first kappa shape index (κ1) is 15.7. The highest BCUT2D eigenvalue weighted by Crippen LogP contribution is 2.31. The average Bonchev–Trinajstić information content (AvgIpc) is 2.37. The van der Waals surface area contributed by atoms with Gasteiger partial charge in [0, 0.05) is 5.75 Å². The van der Waals surface area contributed by atoms with E-state index in [0.29, 0.717) is 17.3 Å². The molecule has 0 aliphatic heterocycles. The van der Waals surface area contributed by atoms with Gasteiger partial charge in [0.15, 0.2) is 11.5 Å². The Labute approximate surface area is 118 Å². The number of carboxylic acid groups (broad SMARTS) is 1. The zero-order chi connectivity index (χ0) is 14.4. The van der Waals surface area contributed by atoms with Gasteiger partial charge in [-0.1, -0.05) is 19.9 Å². The molecule has 1 N–H and O–H groups in total. The van der Waals surface area contributed by atoms with E-state index in [4.69, 9.17) is 14.6 Å². The maximum atomic E-state index is 11.1. The number of thioether (sulfide) groups is 1. The smallest absolute Gasteiger partial charge is 0.316 e. The van der Waals surface area contributed by atoms with E-state index in [1.807, 2.05) is 32.0 Å². The van der Waals surface area contributed by atoms with Gasteiger partial charge >= 0.3 is 5.97 Å². The minimum absolute atomic E-state index is 0.0997. The molecule has 19 heavy (non-hydrogen) atoms. The van der Waals surface area contributed by atoms with Gasteiger partial charge in [-0.05, 0) is 23.6 Å². The molecule has 5 heteroatoms. The van der Waals surface area contributed by atoms with Crippen molar-refractivity contribution in [3.8, 4) is 11.5 Å². The van der Waals surface area contributed by atoms with Crippen molar-refractivity contribution < 1.29 is 19.4 Å². The fourth-order valence-corrected chi connectivity index (χ4v) is 2.78. The zero-order valence-electron chi connectivity index (χ0n) is 11.7. The number of ether oxygens (including phenoxy) is 2. The molecule has 0 saturated carbocycles. The predicted octanol–water partition coefficient (Wildman–Crippen LogP) is 3.05. The van der Waals surface area contributed by atoms with Gasteiger partial charge in [-0.15, -0.1) is 11.8 Å². The molecule has 0 saturated heterocycles. The lowest BCUT2D eigenvalue weighted by Gasteiger charge is -2.16. The second-order valence-corrected chi connectivity index (χ2v) is 5.63. The van der Waals surface area contributed by atoms with Gasteiger partial charge < -0.3 is 14.6 Å². The fraction of sp³-hybridized carbons (Fsp3) is 0.500. The molecular formula is C14H20O4S. The third-order valence-corrected chi connectivity index (χ3v) is 4.33. The molecule has 0 heterocycles. The van der Waals surface area contributed by atoms with Gasteiger partial charge in [0.25, 0.3) is 0 Å². The lowest BCUT2D eigenvalue weighted by molar-refractivity contribution is -0.137. The van der Waals surface area contributed by atoms with Crippen LogP contribution in [0.15, 0.2) is 18.2 Å². The van der Waals surface area contributed by atoms with Crippen LogP contribution in [0, 0.1) is 5.92 Å². The highest BCUT2D eigenvalue weighted by molar-refractivity contribution is 7.99. The topological polar surface area (TPSA) is 55.8 Å². The fourth-order valence-electron chi connectivity index (χ4n) is 1.71. The second kappa shape index (κ2) is 7.28. The summed E-state index contributed by atoms with van der Waals surface area (Å²) in [5.74, 6) is 1.31. The van der Waals surface area contributed by atoms with Crippen LogP contribution in [-0.2, 0) is 10.5 Å². The van der Waals surface area contributed by atoms with Crippen LogP contribution in [0.3, 0.4) is 0 Å². The molecule has 0 aliphatic rings. The summed E-state index contributed by atoms with van der Waals surface area (Å²) < 4.78 is 10.4. The van der Waals surface area contributed by atoms with E-state index in [1.165, 1.54) is 11.8 Å². The quantitative estimate of drug-likeness (QED) is 0.834. The first-order chi connectivity index (χ1) is 8.99. The minimum Gasteiger partial charge on any atom is -0.493 e. The van der Waals surface area contributed by atoms with Crippen molar-refractivity contribution in [1.29, 1.82) is 0 Å². The lowest BCUT2D eigenvalue weighted by atomic mass is 10.1. The largest absolute Gasteiger partial charge is 0.493 e. The first-order valence-corrected chi connectivity index (χ1v) is 7.09. The molecule has 0 radical (unpaired) electrons. The predicted molar refractivity (Wildman–Crippen MR) is 77.1 cm³/mol. The highest BCUT2D eigenvalue weighted by Gasteiger charge is 2.21. The van der Waals surface area contributed by atoms with Gasteiger partial charge in [-0.3, -0.25) is 4.79 Å². The van der Waals surface area contributed by atoms with Crippen LogP contribution >= 0.6 is 11.8 Å². The summed E-state index contributed by atoms with van der Waals surface area (Å²) in [5.41, 5.74) is 1.02. The Morgan fingerprint density at radius 1 is 1.26 bits per heavy atom. The number of carboxylic acids is 1. The number of rotatable bonds is 7. The Balaban J connectivity index is 2.74. The normalized spacial score (nSPS) is 12.3. The van der Waals surface area contributed by atoms with Crippen molar-refractivity contribution in [1.82, 2.24) is 0 Å². The summed E-state index contributed by atoms with van der Waals surface area (Å²) in [6.07, 6.45) is 0. The molecule has 1 aromatic carbocycles. The van der Waals surface area contributed by atoms with E-state index in [-0.39, 0.29) is 5.92 Å². The molecule has 0 aromatic heterocycles. The van der Waals surface area contributed by atoms with Gasteiger partial charge in [0.2, 0.25) is 0 Å². The Kier molecular flexibility index (Phi) is 6.02. The molecule has 0 spiro atoms. The monoisotopic (exact) mass is 284 g/mol. The molecule has 1 aromatic rings. The maximum Gasteiger partial charge on any atom is 0.316 e. The number of benzene rings is 1. The molecule has 0 amide bonds. The van der Waals surface area contributed by atoms with Crippen LogP contribution in [0.25, 0.3) is 0 Å². The summed E-state index contributed by atoms with van der Waals surface area (Å²) in [4.78, 5) is 11.1. The van der Waals surface area contributed by atoms with Gasteiger partial charge in [0.05, 0.1) is 14.2 Å². The van der Waals surface area contributed by atoms with Gasteiger partial charge in [-0.25, -0.2) is 0 Å². The van der Waals surface area contributed by atoms with Crippen molar-refractivity contribution in [2.24, 2.45) is 5.92 Å². The zero-order valence-corrected chi connectivity index (χ0v) is 12.5. The molecule has 0 fully saturated rings. The number of aliphatic carboxylic acids is 1. The van der Waals surface area contributed by atoms with E-state index in [2.05, 4.69) is 0 Å². The summed E-state index contributed by atoms with van der Waals surface area (Å²) in [7, 11) is 3.18. The van der Waals surface area contributed by atoms with Crippen LogP contribution < -0.4 is 9.47 Å². The number of methoxy groups -OCH3 is 2. The molecule has 1 rings (SSSR count). The average molecular weight is 284 g/mol. The van der Waals surface area contributed by atoms with E-state index >= 15 is 0 Å². The molecule has 0 aliphatic carbocycles. The van der Waals surface area contributed by atoms with E-state index in [1.54, 1.807) is 14.2 Å². The van der Waals surface area contributed by atoms with Gasteiger partial charge in [0.1, 0.15) is 5.25 Å². The Bertz CT molecular complexity index is 431. The molecule has 0 bridgehead atoms. The summed E-state index contributed by atoms with van der Waals surface area (Å²) >= 11 is 1.43. The number of hydrogen-bond donors (Lipinski definition) is 1. The standard InChI is InChI=1S/C14H20O4S/c1-9(2)13(14(15)16)19-8-10-5-6-11(17-3)12(7-10)18-4/h5-7,9,13H,8H2,1-4H3,(H,15,16). The van der Waals surface area contributed by atoms with E-state index < -0.39 is 11.2 Å². The molecule has 106 valence electrons. The first-order valence-electron chi connectivity index (χ1n) is 6.05. The number of hydrogen-bond acceptors (Lipinski definition) is 4. The van der Waals surface area contributed by atoms with Crippen LogP contribution in [0.2, 0.25) is 0 Å². The van der Waals surface area contributed by atoms with Gasteiger partial charge in [-0.2, -0.15) is 0 Å². The molecule has 4 nitrogen and oxygen atoms in total. The van der Waals surface area contributed by atoms with Crippen molar-refractivity contribution in [3.63, 3.8) is 0 Å². The highest BCUT2D eigenvalue weighted by atomic mass is 32.2. The SMILES string of the molecule is COc1ccc(CSC(C(=O)O)C(C)C)cc1OC. The Morgan fingerprint density at radius 2 is 1.89 bits per heavy atom. The van der Waals surface area contributed by atoms with E-state index in [0.717, 1.165) is 5.56 Å². The maximum absolute atomic E-state index is 11.1. The Morgan fingerprint density at radius 3 is 2.37 bits per heavy atom. The second-order valence-electron chi connectivity index (χ2n) is 4.50. The summed E-state index contributed by atoms with van der Waals surface area (Å²) in [6.45, 7) is 3.83. The van der Waals surface area contributed by atoms with Crippen LogP contribution in [-0.4, -0.2) is 30.5 Å². The third kappa shape index (κ3) is 4.35. The van der Waals surface area contributed by atoms with Crippen molar-refractivity contribution in [3.05, 3.63) is 23.8 Å². The van der Waals surface area contributed by atoms with Crippen molar-refractivity contribution in [2.45, 2.75) is 24.9 Å². The number of carbonyl (C=O) groups is 1. The van der Waals surface area contributed by atoms with Crippen LogP contribution in [0.5, 0.6) is 11.5 Å². The molecule has 1 unspecified atom stereocenters. The molecule has 1 atom stereocenters. The van der Waals surface area contributed by atoms with Crippen molar-refractivity contribution in [2.75, 3.05) is 14.2 Å². The van der Waals surface area contributed by atoms with Crippen molar-refractivity contribution >= 4 is 17.7 Å². The Hall–Kier alpha value is -1.36. The summed E-state index contributed by atoms with van der Waals surface area (Å²) in [6, 6.07) is 5.64. The third-order valence-electron chi connectivity index (χ3n) is 2.73. The van der Waals surface area contributed by atoms with Crippen LogP contribution in [0.4, 0.5) is 0 Å². The minimum atomic E-state index is -0.763. The molecular weight excluding hydrogens is 264 g/mol. The lowest BCUT2D eigenvalue weighted by Crippen LogP contribution is -2.22.